The summed E-state index contributed by atoms with van der Waals surface area (Å²) in [6.45, 7) is 0.712. The monoisotopic (exact) mass is 611 g/mol. The van der Waals surface area contributed by atoms with Crippen molar-refractivity contribution in [3.63, 3.8) is 0 Å². The molecule has 0 spiro atoms. The van der Waals surface area contributed by atoms with E-state index >= 15 is 0 Å². The van der Waals surface area contributed by atoms with Gasteiger partial charge in [-0.25, -0.2) is 0 Å². The maximum absolute atomic E-state index is 12.3. The minimum Gasteiger partial charge on any atom is -0.393 e. The highest BCUT2D eigenvalue weighted by Gasteiger charge is 2.20. The number of halogens is 3. The molecule has 0 heterocycles. The van der Waals surface area contributed by atoms with Gasteiger partial charge in [-0.05, 0) is 112 Å². The van der Waals surface area contributed by atoms with Crippen molar-refractivity contribution in [2.45, 2.75) is 31.8 Å². The Balaban J connectivity index is 1.95. The van der Waals surface area contributed by atoms with Gasteiger partial charge >= 0.3 is 0 Å². The van der Waals surface area contributed by atoms with Gasteiger partial charge in [0.1, 0.15) is 0 Å². The number of hydrogen-bond donors (Lipinski definition) is 2. The minimum absolute atomic E-state index is 0.0111. The van der Waals surface area contributed by atoms with E-state index in [-0.39, 0.29) is 12.0 Å². The largest absolute Gasteiger partial charge is 0.393 e. The van der Waals surface area contributed by atoms with Crippen LogP contribution in [0.4, 0.5) is 0 Å². The Morgan fingerprint density at radius 3 is 2.50 bits per heavy atom. The molecule has 1 aliphatic rings. The lowest BCUT2D eigenvalue weighted by atomic mass is 9.87. The van der Waals surface area contributed by atoms with Crippen molar-refractivity contribution in [3.8, 4) is 0 Å². The van der Waals surface area contributed by atoms with E-state index in [9.17, 15) is 9.90 Å². The van der Waals surface area contributed by atoms with Crippen LogP contribution >= 0.6 is 67.8 Å². The molecule has 0 aromatic heterocycles. The van der Waals surface area contributed by atoms with E-state index in [2.05, 4.69) is 79.2 Å². The number of nitrogens with one attached hydrogen (secondary N) is 1. The molecule has 1 aliphatic carbocycles. The van der Waals surface area contributed by atoms with Gasteiger partial charge in [-0.2, -0.15) is 0 Å². The normalized spacial score (nSPS) is 22.6. The Hall–Kier alpha value is 0.840. The smallest absolute Gasteiger partial charge is 0.252 e. The van der Waals surface area contributed by atoms with E-state index in [0.717, 1.165) is 42.0 Å². The molecule has 0 unspecified atom stereocenters. The molecule has 110 valence electrons. The second kappa shape index (κ2) is 7.91. The number of rotatable bonds is 3. The van der Waals surface area contributed by atoms with Crippen molar-refractivity contribution in [2.75, 3.05) is 6.54 Å². The van der Waals surface area contributed by atoms with Crippen molar-refractivity contribution in [2.24, 2.45) is 5.92 Å². The molecule has 1 saturated carbocycles. The number of carbonyl (C=O) groups excluding carboxylic acids is 1. The molecule has 3 nitrogen and oxygen atoms in total. The number of aliphatic hydroxyl groups is 1. The molecule has 1 aromatic carbocycles. The average Bonchev–Trinajstić information content (AvgIpc) is 2.42. The van der Waals surface area contributed by atoms with E-state index in [0.29, 0.717) is 12.5 Å². The molecule has 20 heavy (non-hydrogen) atoms. The molecular weight excluding hydrogens is 595 g/mol. The van der Waals surface area contributed by atoms with Crippen LogP contribution < -0.4 is 5.32 Å². The topological polar surface area (TPSA) is 49.3 Å². The van der Waals surface area contributed by atoms with Gasteiger partial charge in [-0.15, -0.1) is 0 Å². The third-order valence-electron chi connectivity index (χ3n) is 3.61. The second-order valence-electron chi connectivity index (χ2n) is 5.13. The maximum Gasteiger partial charge on any atom is 0.252 e. The fourth-order valence-corrected chi connectivity index (χ4v) is 4.80. The summed E-state index contributed by atoms with van der Waals surface area (Å²) in [5, 5.41) is 12.5. The van der Waals surface area contributed by atoms with Crippen molar-refractivity contribution < 1.29 is 9.90 Å². The van der Waals surface area contributed by atoms with Crippen molar-refractivity contribution >= 4 is 73.7 Å². The fraction of sp³-hybridized carbons (Fsp3) is 0.500. The van der Waals surface area contributed by atoms with Gasteiger partial charge in [0.25, 0.3) is 5.91 Å². The van der Waals surface area contributed by atoms with Crippen LogP contribution in [0.5, 0.6) is 0 Å². The fourth-order valence-electron chi connectivity index (χ4n) is 2.40. The Morgan fingerprint density at radius 1 is 1.20 bits per heavy atom. The predicted molar refractivity (Wildman–Crippen MR) is 105 cm³/mol. The Kier molecular flexibility index (Phi) is 6.80. The van der Waals surface area contributed by atoms with Crippen LogP contribution in [0.25, 0.3) is 0 Å². The van der Waals surface area contributed by atoms with Crippen molar-refractivity contribution in [3.05, 3.63) is 28.4 Å². The summed E-state index contributed by atoms with van der Waals surface area (Å²) in [7, 11) is 0. The third-order valence-corrected chi connectivity index (χ3v) is 7.27. The molecule has 1 amide bonds. The first-order chi connectivity index (χ1) is 9.47. The maximum atomic E-state index is 12.3. The van der Waals surface area contributed by atoms with Crippen LogP contribution in [-0.4, -0.2) is 23.7 Å². The SMILES string of the molecule is O=C(NCC1CCC(O)CC1)c1cc(I)cc(I)c1I. The molecule has 1 aromatic rings. The number of hydrogen-bond acceptors (Lipinski definition) is 2. The van der Waals surface area contributed by atoms with Gasteiger partial charge in [-0.1, -0.05) is 0 Å². The highest BCUT2D eigenvalue weighted by atomic mass is 127. The lowest BCUT2D eigenvalue weighted by Crippen LogP contribution is -2.32. The predicted octanol–water partition coefficient (Wildman–Crippen LogP) is 3.78. The number of carbonyl (C=O) groups is 1. The van der Waals surface area contributed by atoms with E-state index in [1.54, 1.807) is 0 Å². The molecule has 0 radical (unpaired) electrons. The molecule has 1 fully saturated rings. The van der Waals surface area contributed by atoms with Gasteiger partial charge in [0.15, 0.2) is 0 Å². The zero-order chi connectivity index (χ0) is 14.7. The summed E-state index contributed by atoms with van der Waals surface area (Å²) < 4.78 is 3.21. The third kappa shape index (κ3) is 4.67. The van der Waals surface area contributed by atoms with Gasteiger partial charge in [0.05, 0.1) is 11.7 Å². The lowest BCUT2D eigenvalue weighted by Gasteiger charge is -2.25. The summed E-state index contributed by atoms with van der Waals surface area (Å²) in [5.74, 6) is 0.513. The molecule has 6 heteroatoms. The highest BCUT2D eigenvalue weighted by Crippen LogP contribution is 2.25. The zero-order valence-electron chi connectivity index (χ0n) is 10.8. The summed E-state index contributed by atoms with van der Waals surface area (Å²) in [4.78, 5) is 12.3. The van der Waals surface area contributed by atoms with Crippen LogP contribution in [0.15, 0.2) is 12.1 Å². The van der Waals surface area contributed by atoms with Crippen LogP contribution in [0.3, 0.4) is 0 Å². The van der Waals surface area contributed by atoms with Crippen LogP contribution in [-0.2, 0) is 0 Å². The molecule has 2 rings (SSSR count). The average molecular weight is 611 g/mol. The number of aliphatic hydroxyl groups excluding tert-OH is 1. The first kappa shape index (κ1) is 17.2. The summed E-state index contributed by atoms with van der Waals surface area (Å²) in [6.07, 6.45) is 3.59. The van der Waals surface area contributed by atoms with Gasteiger partial charge in [0.2, 0.25) is 0 Å². The Bertz CT molecular complexity index is 499. The lowest BCUT2D eigenvalue weighted by molar-refractivity contribution is 0.0909. The highest BCUT2D eigenvalue weighted by molar-refractivity contribution is 14.1. The van der Waals surface area contributed by atoms with Crippen LogP contribution in [0, 0.1) is 16.6 Å². The quantitative estimate of drug-likeness (QED) is 0.405. The van der Waals surface area contributed by atoms with Gasteiger partial charge in [-0.3, -0.25) is 4.79 Å². The van der Waals surface area contributed by atoms with E-state index < -0.39 is 0 Å². The molecule has 0 saturated heterocycles. The van der Waals surface area contributed by atoms with Crippen LogP contribution in [0.1, 0.15) is 36.0 Å². The van der Waals surface area contributed by atoms with E-state index in [4.69, 9.17) is 0 Å². The van der Waals surface area contributed by atoms with E-state index in [1.165, 1.54) is 0 Å². The first-order valence-corrected chi connectivity index (χ1v) is 9.82. The molecular formula is C14H16I3NO2. The van der Waals surface area contributed by atoms with E-state index in [1.807, 2.05) is 6.07 Å². The van der Waals surface area contributed by atoms with Gasteiger partial charge < -0.3 is 10.4 Å². The standard InChI is InChI=1S/C14H16I3NO2/c15-9-5-11(13(17)12(16)6-9)14(20)18-7-8-1-3-10(19)4-2-8/h5-6,8,10,19H,1-4,7H2,(H,18,20). The van der Waals surface area contributed by atoms with Crippen molar-refractivity contribution in [1.29, 1.82) is 0 Å². The molecule has 0 bridgehead atoms. The summed E-state index contributed by atoms with van der Waals surface area (Å²) in [6, 6.07) is 4.01. The number of benzene rings is 1. The summed E-state index contributed by atoms with van der Waals surface area (Å²) in [5.41, 5.74) is 0.762. The van der Waals surface area contributed by atoms with Crippen LogP contribution in [0.2, 0.25) is 0 Å². The second-order valence-corrected chi connectivity index (χ2v) is 8.62. The first-order valence-electron chi connectivity index (χ1n) is 6.58. The molecule has 0 atom stereocenters. The minimum atomic E-state index is -0.139. The zero-order valence-corrected chi connectivity index (χ0v) is 17.3. The Morgan fingerprint density at radius 2 is 1.85 bits per heavy atom. The van der Waals surface area contributed by atoms with Gasteiger partial charge in [0, 0.05) is 17.3 Å². The molecule has 2 N–H and O–H groups in total. The van der Waals surface area contributed by atoms with Crippen molar-refractivity contribution in [1.82, 2.24) is 5.32 Å². The Labute approximate surface area is 160 Å². The molecule has 0 aliphatic heterocycles. The number of amides is 1. The summed E-state index contributed by atoms with van der Waals surface area (Å²) >= 11 is 6.73.